The zero-order valence-electron chi connectivity index (χ0n) is 14.4. The van der Waals surface area contributed by atoms with Crippen molar-refractivity contribution in [2.45, 2.75) is 25.3 Å². The van der Waals surface area contributed by atoms with Crippen LogP contribution in [0.5, 0.6) is 0 Å². The van der Waals surface area contributed by atoms with Crippen molar-refractivity contribution in [2.24, 2.45) is 23.5 Å². The number of nitrogens with zero attached hydrogens (tertiary/aromatic N) is 1. The molecule has 2 bridgehead atoms. The Morgan fingerprint density at radius 3 is 2.42 bits per heavy atom. The minimum Gasteiger partial charge on any atom is -0.327 e. The number of pyridine rings is 1. The molecular weight excluding hydrogens is 328 g/mol. The van der Waals surface area contributed by atoms with E-state index in [1.807, 2.05) is 0 Å². The number of carbonyl (C=O) groups excluding carboxylic acids is 2. The number of anilines is 2. The Hall–Kier alpha value is -2.73. The first-order valence-electron chi connectivity index (χ1n) is 9.00. The van der Waals surface area contributed by atoms with E-state index in [2.05, 4.69) is 15.6 Å². The first kappa shape index (κ1) is 16.7. The van der Waals surface area contributed by atoms with Crippen molar-refractivity contribution in [3.05, 3.63) is 54.4 Å². The van der Waals surface area contributed by atoms with E-state index in [1.165, 1.54) is 0 Å². The van der Waals surface area contributed by atoms with Gasteiger partial charge in [0.05, 0.1) is 17.8 Å². The average molecular weight is 350 g/mol. The van der Waals surface area contributed by atoms with Crippen LogP contribution in [0.4, 0.5) is 11.4 Å². The maximum absolute atomic E-state index is 12.6. The second-order valence-corrected chi connectivity index (χ2v) is 7.20. The van der Waals surface area contributed by atoms with Crippen LogP contribution in [0.1, 0.15) is 29.6 Å². The zero-order valence-corrected chi connectivity index (χ0v) is 14.4. The van der Waals surface area contributed by atoms with Crippen molar-refractivity contribution in [2.75, 3.05) is 10.6 Å². The summed E-state index contributed by atoms with van der Waals surface area (Å²) in [7, 11) is 0. The predicted octanol–water partition coefficient (Wildman–Crippen LogP) is 2.65. The highest BCUT2D eigenvalue weighted by atomic mass is 16.2. The van der Waals surface area contributed by atoms with Crippen molar-refractivity contribution in [1.29, 1.82) is 0 Å². The molecule has 4 rings (SSSR count). The van der Waals surface area contributed by atoms with Crippen molar-refractivity contribution in [3.63, 3.8) is 0 Å². The molecule has 4 unspecified atom stereocenters. The molecule has 0 radical (unpaired) electrons. The molecule has 6 heteroatoms. The van der Waals surface area contributed by atoms with E-state index in [0.717, 1.165) is 19.3 Å². The second-order valence-electron chi connectivity index (χ2n) is 7.20. The fourth-order valence-corrected chi connectivity index (χ4v) is 4.30. The number of benzene rings is 1. The van der Waals surface area contributed by atoms with Crippen molar-refractivity contribution >= 4 is 23.2 Å². The quantitative estimate of drug-likeness (QED) is 0.790. The summed E-state index contributed by atoms with van der Waals surface area (Å²) in [5, 5.41) is 5.74. The van der Waals surface area contributed by atoms with Crippen molar-refractivity contribution in [3.8, 4) is 0 Å². The summed E-state index contributed by atoms with van der Waals surface area (Å²) in [5.74, 6) is 0.597. The maximum Gasteiger partial charge on any atom is 0.255 e. The number of aromatic nitrogens is 1. The Morgan fingerprint density at radius 2 is 1.77 bits per heavy atom. The van der Waals surface area contributed by atoms with Gasteiger partial charge < -0.3 is 16.4 Å². The summed E-state index contributed by atoms with van der Waals surface area (Å²) in [4.78, 5) is 28.8. The van der Waals surface area contributed by atoms with Crippen molar-refractivity contribution < 1.29 is 9.59 Å². The molecule has 26 heavy (non-hydrogen) atoms. The lowest BCUT2D eigenvalue weighted by molar-refractivity contribution is -0.121. The van der Waals surface area contributed by atoms with E-state index in [0.29, 0.717) is 28.8 Å². The van der Waals surface area contributed by atoms with E-state index in [1.54, 1.807) is 48.8 Å². The lowest BCUT2D eigenvalue weighted by Crippen LogP contribution is -2.42. The van der Waals surface area contributed by atoms with Crippen LogP contribution in [0.2, 0.25) is 0 Å². The fraction of sp³-hybridized carbons (Fsp3) is 0.350. The molecule has 0 aliphatic heterocycles. The largest absolute Gasteiger partial charge is 0.327 e. The van der Waals surface area contributed by atoms with Gasteiger partial charge in [-0.25, -0.2) is 0 Å². The number of amides is 2. The molecule has 134 valence electrons. The van der Waals surface area contributed by atoms with Crippen LogP contribution in [-0.4, -0.2) is 22.8 Å². The summed E-state index contributed by atoms with van der Waals surface area (Å²) in [6.07, 6.45) is 6.56. The SMILES string of the molecule is NC1C2CCC(C2)C1C(=O)Nc1ccc(C(=O)Nc2cccnc2)cc1. The Kier molecular flexibility index (Phi) is 4.42. The number of rotatable bonds is 4. The molecule has 2 saturated carbocycles. The minimum atomic E-state index is -0.217. The number of carbonyl (C=O) groups is 2. The molecule has 1 heterocycles. The van der Waals surface area contributed by atoms with Crippen LogP contribution in [0.15, 0.2) is 48.8 Å². The van der Waals surface area contributed by atoms with Gasteiger partial charge in [-0.2, -0.15) is 0 Å². The molecule has 0 spiro atoms. The molecular formula is C20H22N4O2. The van der Waals surface area contributed by atoms with E-state index in [9.17, 15) is 9.59 Å². The smallest absolute Gasteiger partial charge is 0.255 e. The van der Waals surface area contributed by atoms with Crippen molar-refractivity contribution in [1.82, 2.24) is 4.98 Å². The Balaban J connectivity index is 1.38. The van der Waals surface area contributed by atoms with Gasteiger partial charge in [0.1, 0.15) is 0 Å². The van der Waals surface area contributed by atoms with Crippen LogP contribution < -0.4 is 16.4 Å². The zero-order chi connectivity index (χ0) is 18.1. The topological polar surface area (TPSA) is 97.1 Å². The van der Waals surface area contributed by atoms with Gasteiger partial charge in [-0.1, -0.05) is 0 Å². The molecule has 1 aromatic heterocycles. The molecule has 4 N–H and O–H groups in total. The van der Waals surface area contributed by atoms with Crippen LogP contribution >= 0.6 is 0 Å². The van der Waals surface area contributed by atoms with E-state index >= 15 is 0 Å². The molecule has 4 atom stereocenters. The highest BCUT2D eigenvalue weighted by molar-refractivity contribution is 6.04. The van der Waals surface area contributed by atoms with Gasteiger partial charge in [-0.15, -0.1) is 0 Å². The number of hydrogen-bond donors (Lipinski definition) is 3. The Bertz CT molecular complexity index is 804. The molecule has 0 saturated heterocycles. The molecule has 2 aliphatic rings. The van der Waals surface area contributed by atoms with Crippen LogP contribution in [-0.2, 0) is 4.79 Å². The highest BCUT2D eigenvalue weighted by Gasteiger charge is 2.49. The molecule has 2 fully saturated rings. The lowest BCUT2D eigenvalue weighted by Gasteiger charge is -2.27. The monoisotopic (exact) mass is 350 g/mol. The second kappa shape index (κ2) is 6.88. The van der Waals surface area contributed by atoms with E-state index < -0.39 is 0 Å². The first-order valence-corrected chi connectivity index (χ1v) is 9.00. The van der Waals surface area contributed by atoms with Crippen LogP contribution in [0, 0.1) is 17.8 Å². The maximum atomic E-state index is 12.6. The molecule has 1 aromatic carbocycles. The number of nitrogens with one attached hydrogen (secondary N) is 2. The summed E-state index contributed by atoms with van der Waals surface area (Å²) in [6, 6.07) is 10.4. The third kappa shape index (κ3) is 3.20. The summed E-state index contributed by atoms with van der Waals surface area (Å²) < 4.78 is 0. The van der Waals surface area contributed by atoms with Gasteiger partial charge in [0, 0.05) is 23.5 Å². The molecule has 2 amide bonds. The third-order valence-corrected chi connectivity index (χ3v) is 5.62. The Morgan fingerprint density at radius 1 is 1.00 bits per heavy atom. The average Bonchev–Trinajstić information content (AvgIpc) is 3.24. The number of hydrogen-bond acceptors (Lipinski definition) is 4. The third-order valence-electron chi connectivity index (χ3n) is 5.62. The summed E-state index contributed by atoms with van der Waals surface area (Å²) in [6.45, 7) is 0. The van der Waals surface area contributed by atoms with Gasteiger partial charge in [0.15, 0.2) is 0 Å². The van der Waals surface area contributed by atoms with E-state index in [-0.39, 0.29) is 23.8 Å². The normalized spacial score (nSPS) is 26.5. The fourth-order valence-electron chi connectivity index (χ4n) is 4.30. The van der Waals surface area contributed by atoms with E-state index in [4.69, 9.17) is 5.73 Å². The number of nitrogens with two attached hydrogens (primary N) is 1. The van der Waals surface area contributed by atoms with Gasteiger partial charge in [-0.3, -0.25) is 14.6 Å². The molecule has 2 aliphatic carbocycles. The summed E-state index contributed by atoms with van der Waals surface area (Å²) >= 11 is 0. The first-order chi connectivity index (χ1) is 12.6. The predicted molar refractivity (Wildman–Crippen MR) is 99.6 cm³/mol. The molecule has 2 aromatic rings. The number of fused-ring (bicyclic) bond motifs is 2. The highest BCUT2D eigenvalue weighted by Crippen LogP contribution is 2.47. The van der Waals surface area contributed by atoms with Gasteiger partial charge in [0.2, 0.25) is 5.91 Å². The summed E-state index contributed by atoms with van der Waals surface area (Å²) in [5.41, 5.74) is 8.08. The van der Waals surface area contributed by atoms with Crippen LogP contribution in [0.25, 0.3) is 0 Å². The van der Waals surface area contributed by atoms with Gasteiger partial charge >= 0.3 is 0 Å². The Labute approximate surface area is 152 Å². The molecule has 6 nitrogen and oxygen atoms in total. The standard InChI is InChI=1S/C20H22N4O2/c21-18-14-4-3-13(10-14)17(18)20(26)23-15-7-5-12(6-8-15)19(25)24-16-2-1-9-22-11-16/h1-2,5-9,11,13-14,17-18H,3-4,10,21H2,(H,23,26)(H,24,25). The lowest BCUT2D eigenvalue weighted by atomic mass is 9.84. The van der Waals surface area contributed by atoms with Gasteiger partial charge in [0.25, 0.3) is 5.91 Å². The minimum absolute atomic E-state index is 0.00254. The van der Waals surface area contributed by atoms with Crippen LogP contribution in [0.3, 0.4) is 0 Å². The van der Waals surface area contributed by atoms with Gasteiger partial charge in [-0.05, 0) is 67.5 Å².